The number of carbonyl (C=O) groups excluding carboxylic acids is 2. The highest BCUT2D eigenvalue weighted by Gasteiger charge is 2.40. The summed E-state index contributed by atoms with van der Waals surface area (Å²) in [5.74, 6) is 0.754. The maximum absolute atomic E-state index is 13.1. The van der Waals surface area contributed by atoms with E-state index in [4.69, 9.17) is 28.1 Å². The molecule has 5 rings (SSSR count). The van der Waals surface area contributed by atoms with E-state index in [1.807, 2.05) is 58.0 Å². The van der Waals surface area contributed by atoms with Gasteiger partial charge < -0.3 is 53.6 Å². The number of nitrogens with zero attached hydrogens (tertiary/aromatic N) is 4. The van der Waals surface area contributed by atoms with Crippen LogP contribution in [-0.4, -0.2) is 129 Å². The fraction of sp³-hybridized carbons (Fsp3) is 0.611. The van der Waals surface area contributed by atoms with Gasteiger partial charge in [0.1, 0.15) is 42.9 Å². The molecule has 3 N–H and O–H groups in total. The Hall–Kier alpha value is -4.02. The quantitative estimate of drug-likeness (QED) is 0.164. The highest BCUT2D eigenvalue weighted by Crippen LogP contribution is 2.27. The predicted octanol–water partition coefficient (Wildman–Crippen LogP) is 2.15. The number of hydrogen-bond acceptors (Lipinski definition) is 13. The normalized spacial score (nSPS) is 18.6. The summed E-state index contributed by atoms with van der Waals surface area (Å²) in [6.45, 7) is 13.6. The summed E-state index contributed by atoms with van der Waals surface area (Å²) in [5.41, 5.74) is 1.75. The number of fused-ring (bicyclic) bond motifs is 1. The van der Waals surface area contributed by atoms with Crippen molar-refractivity contribution in [1.29, 1.82) is 0 Å². The number of likely N-dealkylation sites (tertiary alicyclic amines) is 1. The Kier molecular flexibility index (Phi) is 13.8. The number of ether oxygens (including phenoxy) is 5. The molecule has 2 aromatic heterocycles. The molecule has 15 heteroatoms. The van der Waals surface area contributed by atoms with Crippen LogP contribution in [-0.2, 0) is 30.4 Å². The zero-order valence-corrected chi connectivity index (χ0v) is 30.1. The average molecular weight is 713 g/mol. The molecular weight excluding hydrogens is 660 g/mol. The Morgan fingerprint density at radius 2 is 1.71 bits per heavy atom. The first-order valence-electron chi connectivity index (χ1n) is 17.6. The van der Waals surface area contributed by atoms with Crippen molar-refractivity contribution in [2.45, 2.75) is 58.9 Å². The number of anilines is 1. The number of carbonyl (C=O) groups is 2. The predicted molar refractivity (Wildman–Crippen MR) is 189 cm³/mol. The molecule has 2 saturated heterocycles. The van der Waals surface area contributed by atoms with E-state index in [0.29, 0.717) is 63.6 Å². The molecule has 280 valence electrons. The smallest absolute Gasteiger partial charge is 0.298 e. The van der Waals surface area contributed by atoms with E-state index in [2.05, 4.69) is 25.5 Å². The molecule has 4 heterocycles. The maximum Gasteiger partial charge on any atom is 0.298 e. The second-order valence-electron chi connectivity index (χ2n) is 13.9. The van der Waals surface area contributed by atoms with Gasteiger partial charge in [-0.3, -0.25) is 14.6 Å². The maximum atomic E-state index is 13.1. The Morgan fingerprint density at radius 1 is 1.00 bits per heavy atom. The van der Waals surface area contributed by atoms with Gasteiger partial charge in [0.15, 0.2) is 5.58 Å². The van der Waals surface area contributed by atoms with E-state index in [1.165, 1.54) is 0 Å². The van der Waals surface area contributed by atoms with Crippen molar-refractivity contribution < 1.29 is 42.8 Å². The minimum atomic E-state index is -0.723. The molecule has 0 bridgehead atoms. The third-order valence-corrected chi connectivity index (χ3v) is 8.65. The summed E-state index contributed by atoms with van der Waals surface area (Å²) in [5, 5.41) is 16.1. The summed E-state index contributed by atoms with van der Waals surface area (Å²) in [6, 6.07) is 9.16. The number of pyridine rings is 1. The van der Waals surface area contributed by atoms with Crippen LogP contribution in [0.1, 0.15) is 39.8 Å². The fourth-order valence-electron chi connectivity index (χ4n) is 5.87. The number of rotatable bonds is 18. The molecule has 3 aromatic rings. The van der Waals surface area contributed by atoms with Crippen LogP contribution in [0.5, 0.6) is 11.5 Å². The fourth-order valence-corrected chi connectivity index (χ4v) is 5.87. The zero-order valence-electron chi connectivity index (χ0n) is 30.1. The molecule has 0 saturated carbocycles. The van der Waals surface area contributed by atoms with Crippen LogP contribution >= 0.6 is 0 Å². The molecule has 51 heavy (non-hydrogen) atoms. The van der Waals surface area contributed by atoms with Crippen molar-refractivity contribution in [1.82, 2.24) is 25.5 Å². The zero-order chi connectivity index (χ0) is 36.2. The van der Waals surface area contributed by atoms with E-state index < -0.39 is 17.6 Å². The standard InChI is InChI=1S/C36H52N6O9/c1-25-19-27(43)22-42(25)34(45)33(36(2,3)4)40-32(44)24-48-16-15-46-13-14-47-17-18-49-29-6-5-26(38-21-29)23-50-28-7-8-31-30(20-28)39-35(51-31)41-11-9-37-10-12-41/h5-8,20-21,25,27,33,37,43H,9-19,22-24H2,1-4H3,(H,40,44)/t25-,27-,33-/m1/s1. The molecule has 3 atom stereocenters. The minimum absolute atomic E-state index is 0.0763. The van der Waals surface area contributed by atoms with Crippen LogP contribution in [0.4, 0.5) is 6.01 Å². The van der Waals surface area contributed by atoms with Gasteiger partial charge in [0.2, 0.25) is 11.8 Å². The number of nitrogens with one attached hydrogen (secondary N) is 2. The second kappa shape index (κ2) is 18.5. The number of aliphatic hydroxyl groups excluding tert-OH is 1. The van der Waals surface area contributed by atoms with E-state index in [-0.39, 0.29) is 37.6 Å². The van der Waals surface area contributed by atoms with Gasteiger partial charge in [0.05, 0.1) is 51.0 Å². The first kappa shape index (κ1) is 38.2. The van der Waals surface area contributed by atoms with E-state index >= 15 is 0 Å². The molecule has 0 aliphatic carbocycles. The number of amides is 2. The van der Waals surface area contributed by atoms with Crippen LogP contribution in [0.25, 0.3) is 11.1 Å². The van der Waals surface area contributed by atoms with Gasteiger partial charge in [-0.15, -0.1) is 0 Å². The Bertz CT molecular complexity index is 1540. The van der Waals surface area contributed by atoms with Gasteiger partial charge in [-0.1, -0.05) is 20.8 Å². The first-order chi connectivity index (χ1) is 24.6. The van der Waals surface area contributed by atoms with Crippen molar-refractivity contribution in [3.8, 4) is 11.5 Å². The van der Waals surface area contributed by atoms with Crippen molar-refractivity contribution in [3.05, 3.63) is 42.2 Å². The van der Waals surface area contributed by atoms with Crippen molar-refractivity contribution >= 4 is 28.9 Å². The highest BCUT2D eigenvalue weighted by atomic mass is 16.6. The first-order valence-corrected chi connectivity index (χ1v) is 17.6. The lowest BCUT2D eigenvalue weighted by Crippen LogP contribution is -2.56. The Balaban J connectivity index is 0.885. The number of hydrogen-bond donors (Lipinski definition) is 3. The van der Waals surface area contributed by atoms with Crippen molar-refractivity contribution in [2.24, 2.45) is 5.41 Å². The molecular formula is C36H52N6O9. The molecule has 2 aliphatic rings. The molecule has 1 aromatic carbocycles. The lowest BCUT2D eigenvalue weighted by Gasteiger charge is -2.35. The van der Waals surface area contributed by atoms with Crippen LogP contribution in [0, 0.1) is 5.41 Å². The summed E-state index contributed by atoms with van der Waals surface area (Å²) in [4.78, 5) is 38.5. The molecule has 2 amide bonds. The molecule has 0 spiro atoms. The van der Waals surface area contributed by atoms with Crippen LogP contribution < -0.4 is 25.0 Å². The van der Waals surface area contributed by atoms with Gasteiger partial charge in [0.25, 0.3) is 6.01 Å². The summed E-state index contributed by atoms with van der Waals surface area (Å²) in [6.07, 6.45) is 1.65. The number of aromatic nitrogens is 2. The minimum Gasteiger partial charge on any atom is -0.490 e. The van der Waals surface area contributed by atoms with Crippen LogP contribution in [0.3, 0.4) is 0 Å². The number of oxazole rings is 1. The lowest BCUT2D eigenvalue weighted by molar-refractivity contribution is -0.141. The Labute approximate surface area is 298 Å². The van der Waals surface area contributed by atoms with Crippen molar-refractivity contribution in [2.75, 3.05) is 83.9 Å². The van der Waals surface area contributed by atoms with Gasteiger partial charge in [-0.25, -0.2) is 0 Å². The van der Waals surface area contributed by atoms with Crippen molar-refractivity contribution in [3.63, 3.8) is 0 Å². The molecule has 0 radical (unpaired) electrons. The van der Waals surface area contributed by atoms with Crippen LogP contribution in [0.2, 0.25) is 0 Å². The number of β-amino-alcohol motifs (C(OH)–C–C–N with tert-alkyl or cyclic N) is 1. The molecule has 2 fully saturated rings. The van der Waals surface area contributed by atoms with Gasteiger partial charge in [-0.05, 0) is 43.0 Å². The average Bonchev–Trinajstić information content (AvgIpc) is 3.70. The van der Waals surface area contributed by atoms with Crippen LogP contribution in [0.15, 0.2) is 40.9 Å². The summed E-state index contributed by atoms with van der Waals surface area (Å²) in [7, 11) is 0. The third kappa shape index (κ3) is 11.5. The lowest BCUT2D eigenvalue weighted by atomic mass is 9.85. The monoisotopic (exact) mass is 712 g/mol. The molecule has 15 nitrogen and oxygen atoms in total. The summed E-state index contributed by atoms with van der Waals surface area (Å²) < 4.78 is 34.1. The number of aliphatic hydroxyl groups is 1. The molecule has 0 unspecified atom stereocenters. The number of benzene rings is 1. The van der Waals surface area contributed by atoms with E-state index in [9.17, 15) is 14.7 Å². The largest absolute Gasteiger partial charge is 0.490 e. The SMILES string of the molecule is C[C@@H]1C[C@@H](O)CN1C(=O)[C@@H](NC(=O)COCCOCCOCCOc1ccc(COc2ccc3oc(N4CCNCC4)nc3c2)nc1)C(C)(C)C. The van der Waals surface area contributed by atoms with Gasteiger partial charge in [-0.2, -0.15) is 4.98 Å². The second-order valence-corrected chi connectivity index (χ2v) is 13.9. The summed E-state index contributed by atoms with van der Waals surface area (Å²) >= 11 is 0. The Morgan fingerprint density at radius 3 is 2.37 bits per heavy atom. The topological polar surface area (TPSA) is 170 Å². The molecule has 2 aliphatic heterocycles. The van der Waals surface area contributed by atoms with Gasteiger partial charge in [0, 0.05) is 44.8 Å². The third-order valence-electron chi connectivity index (χ3n) is 8.65. The van der Waals surface area contributed by atoms with E-state index in [1.54, 1.807) is 11.1 Å². The highest BCUT2D eigenvalue weighted by molar-refractivity contribution is 5.89. The van der Waals surface area contributed by atoms with E-state index in [0.717, 1.165) is 43.0 Å². The number of piperazine rings is 1. The van der Waals surface area contributed by atoms with Gasteiger partial charge >= 0.3 is 0 Å².